The molecule has 0 aromatic carbocycles. The Bertz CT molecular complexity index is 311. The van der Waals surface area contributed by atoms with E-state index in [2.05, 4.69) is 20.3 Å². The Morgan fingerprint density at radius 3 is 2.73 bits per heavy atom. The highest BCUT2D eigenvalue weighted by molar-refractivity contribution is 7.71. The molecule has 0 aliphatic rings. The van der Waals surface area contributed by atoms with Gasteiger partial charge in [0.05, 0.1) is 0 Å². The van der Waals surface area contributed by atoms with Gasteiger partial charge in [-0.25, -0.2) is 0 Å². The first-order chi connectivity index (χ1) is 5.22. The molecule has 0 bridgehead atoms. The Kier molecular flexibility index (Phi) is 2.72. The van der Waals surface area contributed by atoms with Crippen LogP contribution >= 0.6 is 24.4 Å². The molecular formula is C5H8N4S2. The lowest BCUT2D eigenvalue weighted by Crippen LogP contribution is -2.02. The monoisotopic (exact) mass is 188 g/mol. The van der Waals surface area contributed by atoms with Gasteiger partial charge in [0.1, 0.15) is 0 Å². The van der Waals surface area contributed by atoms with Crippen LogP contribution in [0.3, 0.4) is 0 Å². The molecule has 3 N–H and O–H groups in total. The lowest BCUT2D eigenvalue weighted by molar-refractivity contribution is 0.984. The third-order valence-electron chi connectivity index (χ3n) is 1.01. The van der Waals surface area contributed by atoms with Gasteiger partial charge in [-0.1, -0.05) is 0 Å². The zero-order valence-corrected chi connectivity index (χ0v) is 7.60. The molecule has 0 saturated heterocycles. The minimum absolute atomic E-state index is 0.393. The molecule has 0 saturated carbocycles. The number of anilines is 1. The third-order valence-corrected chi connectivity index (χ3v) is 1.41. The highest BCUT2D eigenvalue weighted by Crippen LogP contribution is 1.93. The van der Waals surface area contributed by atoms with Crippen LogP contribution in [0.5, 0.6) is 0 Å². The van der Waals surface area contributed by atoms with Crippen molar-refractivity contribution in [2.75, 3.05) is 11.9 Å². The van der Waals surface area contributed by atoms with Gasteiger partial charge in [0.25, 0.3) is 0 Å². The minimum atomic E-state index is 0.393. The Morgan fingerprint density at radius 2 is 2.18 bits per heavy atom. The van der Waals surface area contributed by atoms with Crippen molar-refractivity contribution in [1.29, 1.82) is 0 Å². The molecule has 0 unspecified atom stereocenters. The van der Waals surface area contributed by atoms with Crippen LogP contribution in [0, 0.1) is 9.54 Å². The van der Waals surface area contributed by atoms with Crippen LogP contribution in [0.15, 0.2) is 0 Å². The molecular weight excluding hydrogens is 180 g/mol. The molecule has 6 heteroatoms. The summed E-state index contributed by atoms with van der Waals surface area (Å²) in [6.07, 6.45) is 0. The number of hydrogen-bond donors (Lipinski definition) is 3. The first kappa shape index (κ1) is 8.35. The highest BCUT2D eigenvalue weighted by Gasteiger charge is 1.89. The Hall–Kier alpha value is -0.750. The lowest BCUT2D eigenvalue weighted by Gasteiger charge is -1.99. The summed E-state index contributed by atoms with van der Waals surface area (Å²) < 4.78 is 0.880. The second-order valence-corrected chi connectivity index (χ2v) is 2.67. The fourth-order valence-electron chi connectivity index (χ4n) is 0.645. The van der Waals surface area contributed by atoms with Crippen molar-refractivity contribution < 1.29 is 0 Å². The van der Waals surface area contributed by atoms with E-state index in [0.29, 0.717) is 15.5 Å². The molecule has 0 aliphatic heterocycles. The molecule has 1 aromatic heterocycles. The molecule has 60 valence electrons. The molecule has 1 heterocycles. The van der Waals surface area contributed by atoms with Crippen molar-refractivity contribution in [1.82, 2.24) is 15.0 Å². The molecule has 0 amide bonds. The van der Waals surface area contributed by atoms with Gasteiger partial charge in [-0.3, -0.25) is 0 Å². The molecule has 0 aliphatic carbocycles. The number of aromatic nitrogens is 3. The fourth-order valence-corrected chi connectivity index (χ4v) is 1.10. The van der Waals surface area contributed by atoms with Crippen molar-refractivity contribution >= 4 is 30.4 Å². The van der Waals surface area contributed by atoms with E-state index in [1.807, 2.05) is 6.92 Å². The molecule has 0 radical (unpaired) electrons. The average molecular weight is 188 g/mol. The predicted molar refractivity (Wildman–Crippen MR) is 48.8 cm³/mol. The predicted octanol–water partition coefficient (Wildman–Crippen LogP) is 1.63. The van der Waals surface area contributed by atoms with Crippen LogP contribution < -0.4 is 5.32 Å². The minimum Gasteiger partial charge on any atom is -0.356 e. The van der Waals surface area contributed by atoms with Crippen molar-refractivity contribution in [3.05, 3.63) is 9.54 Å². The topological polar surface area (TPSA) is 56.5 Å². The molecule has 1 rings (SSSR count). The first-order valence-electron chi connectivity index (χ1n) is 3.17. The summed E-state index contributed by atoms with van der Waals surface area (Å²) in [6, 6.07) is 0. The summed E-state index contributed by atoms with van der Waals surface area (Å²) in [5.74, 6) is 0.612. The van der Waals surface area contributed by atoms with Crippen LogP contribution in [0.2, 0.25) is 0 Å². The van der Waals surface area contributed by atoms with E-state index in [4.69, 9.17) is 24.4 Å². The van der Waals surface area contributed by atoms with Crippen molar-refractivity contribution in [3.63, 3.8) is 0 Å². The number of aromatic amines is 2. The van der Waals surface area contributed by atoms with Crippen LogP contribution in [0.4, 0.5) is 5.95 Å². The maximum atomic E-state index is 4.84. The van der Waals surface area contributed by atoms with E-state index >= 15 is 0 Å². The van der Waals surface area contributed by atoms with Crippen LogP contribution in [-0.2, 0) is 0 Å². The van der Waals surface area contributed by atoms with Gasteiger partial charge >= 0.3 is 0 Å². The number of nitrogens with zero attached hydrogens (tertiary/aromatic N) is 1. The fraction of sp³-hybridized carbons (Fsp3) is 0.400. The van der Waals surface area contributed by atoms with Crippen LogP contribution in [-0.4, -0.2) is 21.5 Å². The Labute approximate surface area is 74.1 Å². The van der Waals surface area contributed by atoms with Gasteiger partial charge in [-0.05, 0) is 31.4 Å². The van der Waals surface area contributed by atoms with E-state index in [0.717, 1.165) is 6.54 Å². The summed E-state index contributed by atoms with van der Waals surface area (Å²) in [7, 11) is 0. The molecule has 0 fully saturated rings. The van der Waals surface area contributed by atoms with E-state index in [-0.39, 0.29) is 0 Å². The van der Waals surface area contributed by atoms with Gasteiger partial charge in [-0.2, -0.15) is 4.98 Å². The average Bonchev–Trinajstić information content (AvgIpc) is 1.85. The zero-order valence-electron chi connectivity index (χ0n) is 5.97. The van der Waals surface area contributed by atoms with Crippen molar-refractivity contribution in [2.45, 2.75) is 6.92 Å². The Morgan fingerprint density at radius 1 is 1.45 bits per heavy atom. The summed E-state index contributed by atoms with van der Waals surface area (Å²) in [6.45, 7) is 2.76. The zero-order chi connectivity index (χ0) is 8.27. The summed E-state index contributed by atoms with van der Waals surface area (Å²) in [5, 5.41) is 2.97. The van der Waals surface area contributed by atoms with Gasteiger partial charge < -0.3 is 15.3 Å². The maximum absolute atomic E-state index is 4.84. The molecule has 11 heavy (non-hydrogen) atoms. The molecule has 0 spiro atoms. The maximum Gasteiger partial charge on any atom is 0.204 e. The van der Waals surface area contributed by atoms with E-state index in [9.17, 15) is 0 Å². The normalized spacial score (nSPS) is 9.55. The smallest absolute Gasteiger partial charge is 0.204 e. The van der Waals surface area contributed by atoms with E-state index < -0.39 is 0 Å². The molecule has 0 atom stereocenters. The second kappa shape index (κ2) is 3.59. The van der Waals surface area contributed by atoms with Crippen LogP contribution in [0.1, 0.15) is 6.92 Å². The standard InChI is InChI=1S/C5H8N4S2/c1-2-6-3-7-4(10)9-5(11)8-3/h2H2,1H3,(H3,6,7,8,9,10,11). The molecule has 1 aromatic rings. The quantitative estimate of drug-likeness (QED) is 0.617. The van der Waals surface area contributed by atoms with Crippen molar-refractivity contribution in [2.24, 2.45) is 0 Å². The van der Waals surface area contributed by atoms with E-state index in [1.165, 1.54) is 0 Å². The number of rotatable bonds is 2. The van der Waals surface area contributed by atoms with Crippen LogP contribution in [0.25, 0.3) is 0 Å². The first-order valence-corrected chi connectivity index (χ1v) is 3.98. The SMILES string of the molecule is CCNc1nc(=S)[nH]c(=S)[nH]1. The van der Waals surface area contributed by atoms with Gasteiger partial charge in [0.2, 0.25) is 10.7 Å². The van der Waals surface area contributed by atoms with Gasteiger partial charge in [0, 0.05) is 6.54 Å². The Balaban J connectivity index is 3.09. The number of hydrogen-bond acceptors (Lipinski definition) is 4. The second-order valence-electron chi connectivity index (χ2n) is 1.88. The molecule has 4 nitrogen and oxygen atoms in total. The van der Waals surface area contributed by atoms with Gasteiger partial charge in [-0.15, -0.1) is 0 Å². The number of H-pyrrole nitrogens is 2. The lowest BCUT2D eigenvalue weighted by atomic mass is 10.7. The van der Waals surface area contributed by atoms with Crippen molar-refractivity contribution in [3.8, 4) is 0 Å². The van der Waals surface area contributed by atoms with E-state index in [1.54, 1.807) is 0 Å². The summed E-state index contributed by atoms with van der Waals surface area (Å²) >= 11 is 9.65. The third kappa shape index (κ3) is 2.39. The summed E-state index contributed by atoms with van der Waals surface area (Å²) in [4.78, 5) is 9.46. The number of nitrogens with one attached hydrogen (secondary N) is 3. The highest BCUT2D eigenvalue weighted by atomic mass is 32.1. The largest absolute Gasteiger partial charge is 0.356 e. The summed E-state index contributed by atoms with van der Waals surface area (Å²) in [5.41, 5.74) is 0. The van der Waals surface area contributed by atoms with Gasteiger partial charge in [0.15, 0.2) is 4.77 Å².